The largest absolute Gasteiger partial charge is 0.0885 e. The van der Waals surface area contributed by atoms with Crippen LogP contribution in [0.1, 0.15) is 142 Å². The zero-order valence-corrected chi connectivity index (χ0v) is 18.5. The molecule has 0 nitrogen and oxygen atoms in total. The van der Waals surface area contributed by atoms with Gasteiger partial charge in [-0.15, -0.1) is 0 Å². The highest BCUT2D eigenvalue weighted by atomic mass is 14.0. The van der Waals surface area contributed by atoms with Gasteiger partial charge in [0.15, 0.2) is 0 Å². The molecule has 154 valence electrons. The van der Waals surface area contributed by atoms with Crippen LogP contribution in [0.3, 0.4) is 0 Å². The summed E-state index contributed by atoms with van der Waals surface area (Å²) in [7, 11) is 0. The third-order valence-electron chi connectivity index (χ3n) is 5.27. The minimum atomic E-state index is 1.30. The second-order valence-corrected chi connectivity index (χ2v) is 8.05. The molecular weight excluding hydrogens is 312 g/mol. The van der Waals surface area contributed by atoms with E-state index in [4.69, 9.17) is 0 Å². The fraction of sp³-hybridized carbons (Fsp3) is 0.846. The van der Waals surface area contributed by atoms with Gasteiger partial charge >= 0.3 is 0 Å². The van der Waals surface area contributed by atoms with Gasteiger partial charge in [0.1, 0.15) is 0 Å². The molecule has 0 heteroatoms. The normalized spacial score (nSPS) is 11.9. The van der Waals surface area contributed by atoms with Crippen LogP contribution >= 0.6 is 0 Å². The molecule has 0 bridgehead atoms. The molecule has 0 aliphatic carbocycles. The van der Waals surface area contributed by atoms with Crippen molar-refractivity contribution in [2.24, 2.45) is 0 Å². The maximum atomic E-state index is 2.42. The lowest BCUT2D eigenvalue weighted by Crippen LogP contribution is -1.79. The molecule has 0 heterocycles. The van der Waals surface area contributed by atoms with Gasteiger partial charge in [-0.3, -0.25) is 0 Å². The van der Waals surface area contributed by atoms with E-state index in [0.717, 1.165) is 0 Å². The van der Waals surface area contributed by atoms with Crippen molar-refractivity contribution in [3.05, 3.63) is 24.3 Å². The third-order valence-corrected chi connectivity index (χ3v) is 5.27. The van der Waals surface area contributed by atoms with Crippen molar-refractivity contribution in [3.63, 3.8) is 0 Å². The second-order valence-electron chi connectivity index (χ2n) is 8.05. The summed E-state index contributed by atoms with van der Waals surface area (Å²) in [5, 5.41) is 0. The summed E-state index contributed by atoms with van der Waals surface area (Å²) in [5.41, 5.74) is 0. The number of hydrogen-bond donors (Lipinski definition) is 0. The van der Waals surface area contributed by atoms with Gasteiger partial charge in [-0.05, 0) is 51.4 Å². The third kappa shape index (κ3) is 23.5. The Hall–Kier alpha value is -0.520. The average Bonchev–Trinajstić information content (AvgIpc) is 2.66. The molecule has 0 rings (SSSR count). The number of allylic oxidation sites excluding steroid dienone is 4. The van der Waals surface area contributed by atoms with Crippen molar-refractivity contribution in [2.45, 2.75) is 142 Å². The van der Waals surface area contributed by atoms with E-state index in [1.807, 2.05) is 0 Å². The molecule has 26 heavy (non-hydrogen) atoms. The Labute approximate surface area is 166 Å². The first kappa shape index (κ1) is 25.5. The Morgan fingerprint density at radius 1 is 0.308 bits per heavy atom. The molecule has 0 N–H and O–H groups in total. The predicted molar refractivity (Wildman–Crippen MR) is 122 cm³/mol. The molecule has 0 spiro atoms. The summed E-state index contributed by atoms with van der Waals surface area (Å²) in [5.74, 6) is 0. The van der Waals surface area contributed by atoms with Gasteiger partial charge in [0.05, 0.1) is 0 Å². The highest BCUT2D eigenvalue weighted by Crippen LogP contribution is 2.10. The summed E-state index contributed by atoms with van der Waals surface area (Å²) < 4.78 is 0. The van der Waals surface area contributed by atoms with E-state index in [1.54, 1.807) is 0 Å². The highest BCUT2D eigenvalue weighted by molar-refractivity contribution is 4.82. The van der Waals surface area contributed by atoms with Crippen LogP contribution in [-0.4, -0.2) is 0 Å². The van der Waals surface area contributed by atoms with Crippen LogP contribution < -0.4 is 0 Å². The summed E-state index contributed by atoms with van der Waals surface area (Å²) in [4.78, 5) is 0. The van der Waals surface area contributed by atoms with Gasteiger partial charge < -0.3 is 0 Å². The molecule has 0 unspecified atom stereocenters. The lowest BCUT2D eigenvalue weighted by atomic mass is 10.1. The molecule has 0 atom stereocenters. The minimum absolute atomic E-state index is 1.30. The van der Waals surface area contributed by atoms with E-state index in [-0.39, 0.29) is 0 Å². The lowest BCUT2D eigenvalue weighted by molar-refractivity contribution is 0.610. The molecule has 0 fully saturated rings. The number of unbranched alkanes of at least 4 members (excludes halogenated alkanes) is 17. The summed E-state index contributed by atoms with van der Waals surface area (Å²) >= 11 is 0. The van der Waals surface area contributed by atoms with Crippen LogP contribution in [0.2, 0.25) is 0 Å². The average molecular weight is 363 g/mol. The molecule has 0 amide bonds. The standard InChI is InChI=1S/C26H50/c1-3-5-7-9-11-13-15-17-19-21-23-25-26-24-22-20-18-16-14-12-10-8-6-4-2/h17-20H,3-16,21-26H2,1-2H3. The van der Waals surface area contributed by atoms with E-state index >= 15 is 0 Å². The fourth-order valence-electron chi connectivity index (χ4n) is 3.43. The highest BCUT2D eigenvalue weighted by Gasteiger charge is 1.90. The van der Waals surface area contributed by atoms with Crippen LogP contribution in [-0.2, 0) is 0 Å². The lowest BCUT2D eigenvalue weighted by Gasteiger charge is -1.99. The van der Waals surface area contributed by atoms with Crippen LogP contribution in [0.25, 0.3) is 0 Å². The van der Waals surface area contributed by atoms with Crippen molar-refractivity contribution in [2.75, 3.05) is 0 Å². The summed E-state index contributed by atoms with van der Waals surface area (Å²) in [6.07, 6.45) is 37.4. The molecule has 0 aliphatic rings. The van der Waals surface area contributed by atoms with Gasteiger partial charge in [0.25, 0.3) is 0 Å². The SMILES string of the molecule is CCCCCCCCC=CCCCCCCC=CCCCCCCCC. The smallest absolute Gasteiger partial charge is 0.0351 e. The zero-order chi connectivity index (χ0) is 19.0. The second kappa shape index (κ2) is 24.5. The summed E-state index contributed by atoms with van der Waals surface area (Å²) in [6.45, 7) is 4.58. The maximum Gasteiger partial charge on any atom is -0.0351 e. The van der Waals surface area contributed by atoms with Crippen LogP contribution in [0.5, 0.6) is 0 Å². The van der Waals surface area contributed by atoms with Crippen molar-refractivity contribution in [3.8, 4) is 0 Å². The van der Waals surface area contributed by atoms with Crippen molar-refractivity contribution < 1.29 is 0 Å². The fourth-order valence-corrected chi connectivity index (χ4v) is 3.43. The molecule has 0 radical (unpaired) electrons. The van der Waals surface area contributed by atoms with E-state index in [9.17, 15) is 0 Å². The Balaban J connectivity index is 3.12. The van der Waals surface area contributed by atoms with E-state index in [2.05, 4.69) is 38.2 Å². The van der Waals surface area contributed by atoms with Crippen LogP contribution in [0.15, 0.2) is 24.3 Å². The van der Waals surface area contributed by atoms with Gasteiger partial charge in [-0.25, -0.2) is 0 Å². The van der Waals surface area contributed by atoms with Gasteiger partial charge in [0, 0.05) is 0 Å². The minimum Gasteiger partial charge on any atom is -0.0885 e. The van der Waals surface area contributed by atoms with E-state index in [0.29, 0.717) is 0 Å². The predicted octanol–water partition coefficient (Wildman–Crippen LogP) is 9.94. The first-order chi connectivity index (χ1) is 12.9. The molecule has 0 saturated heterocycles. The first-order valence-electron chi connectivity index (χ1n) is 12.2. The Morgan fingerprint density at radius 2 is 0.538 bits per heavy atom. The quantitative estimate of drug-likeness (QED) is 0.141. The molecule has 0 aromatic heterocycles. The molecule has 0 saturated carbocycles. The number of hydrogen-bond acceptors (Lipinski definition) is 0. The Bertz CT molecular complexity index is 256. The molecular formula is C26H50. The van der Waals surface area contributed by atoms with Gasteiger partial charge in [-0.1, -0.05) is 115 Å². The number of rotatable bonds is 21. The van der Waals surface area contributed by atoms with Crippen molar-refractivity contribution in [1.29, 1.82) is 0 Å². The molecule has 0 aliphatic heterocycles. The molecule has 0 aromatic carbocycles. The topological polar surface area (TPSA) is 0 Å². The summed E-state index contributed by atoms with van der Waals surface area (Å²) in [6, 6.07) is 0. The van der Waals surface area contributed by atoms with Crippen LogP contribution in [0, 0.1) is 0 Å². The van der Waals surface area contributed by atoms with Crippen molar-refractivity contribution in [1.82, 2.24) is 0 Å². The van der Waals surface area contributed by atoms with E-state index < -0.39 is 0 Å². The molecule has 0 aromatic rings. The van der Waals surface area contributed by atoms with Crippen molar-refractivity contribution >= 4 is 0 Å². The monoisotopic (exact) mass is 362 g/mol. The van der Waals surface area contributed by atoms with Gasteiger partial charge in [0.2, 0.25) is 0 Å². The zero-order valence-electron chi connectivity index (χ0n) is 18.5. The first-order valence-corrected chi connectivity index (χ1v) is 12.2. The van der Waals surface area contributed by atoms with E-state index in [1.165, 1.54) is 128 Å². The van der Waals surface area contributed by atoms with Crippen LogP contribution in [0.4, 0.5) is 0 Å². The Kier molecular flexibility index (Phi) is 24.0. The van der Waals surface area contributed by atoms with Gasteiger partial charge in [-0.2, -0.15) is 0 Å². The maximum absolute atomic E-state index is 2.42. The Morgan fingerprint density at radius 3 is 0.808 bits per heavy atom.